The van der Waals surface area contributed by atoms with Crippen LogP contribution < -0.4 is 9.57 Å². The van der Waals surface area contributed by atoms with Crippen molar-refractivity contribution in [3.63, 3.8) is 0 Å². The third kappa shape index (κ3) is 4.74. The van der Waals surface area contributed by atoms with Crippen LogP contribution in [0, 0.1) is 0 Å². The zero-order valence-electron chi connectivity index (χ0n) is 10.9. The fourth-order valence-corrected chi connectivity index (χ4v) is 1.72. The molecule has 6 heteroatoms. The molecule has 2 aromatic carbocycles. The summed E-state index contributed by atoms with van der Waals surface area (Å²) in [6.07, 6.45) is 2.46. The first-order valence-electron chi connectivity index (χ1n) is 5.86. The summed E-state index contributed by atoms with van der Waals surface area (Å²) >= 11 is 0. The van der Waals surface area contributed by atoms with Gasteiger partial charge in [0.25, 0.3) is 0 Å². The fourth-order valence-electron chi connectivity index (χ4n) is 1.48. The molecule has 0 bridgehead atoms. The van der Waals surface area contributed by atoms with Gasteiger partial charge in [-0.1, -0.05) is 30.3 Å². The fraction of sp³-hybridized carbons (Fsp3) is 0.0714. The van der Waals surface area contributed by atoms with Gasteiger partial charge in [0.2, 0.25) is 10.0 Å². The summed E-state index contributed by atoms with van der Waals surface area (Å²) in [5, 5.41) is 3.64. The lowest BCUT2D eigenvalue weighted by Gasteiger charge is -2.05. The van der Waals surface area contributed by atoms with Crippen LogP contribution in [0.1, 0.15) is 5.56 Å². The molecule has 0 aromatic heterocycles. The SMILES string of the molecule is CS(=O)(=O)N/N=C/c1cccc(Oc2ccccc2)c1. The second kappa shape index (κ2) is 6.21. The summed E-state index contributed by atoms with van der Waals surface area (Å²) < 4.78 is 27.4. The van der Waals surface area contributed by atoms with Gasteiger partial charge >= 0.3 is 0 Å². The van der Waals surface area contributed by atoms with Crippen molar-refractivity contribution in [1.82, 2.24) is 4.83 Å². The topological polar surface area (TPSA) is 67.8 Å². The molecule has 0 amide bonds. The van der Waals surface area contributed by atoms with E-state index in [-0.39, 0.29) is 0 Å². The second-order valence-electron chi connectivity index (χ2n) is 4.11. The molecule has 0 aliphatic carbocycles. The van der Waals surface area contributed by atoms with Crippen molar-refractivity contribution in [3.05, 3.63) is 60.2 Å². The Morgan fingerprint density at radius 3 is 2.45 bits per heavy atom. The maximum Gasteiger partial charge on any atom is 0.244 e. The normalized spacial score (nSPS) is 11.4. The predicted octanol–water partition coefficient (Wildman–Crippen LogP) is 2.36. The van der Waals surface area contributed by atoms with Crippen molar-refractivity contribution in [2.24, 2.45) is 5.10 Å². The van der Waals surface area contributed by atoms with Crippen LogP contribution in [-0.2, 0) is 10.0 Å². The molecule has 2 rings (SSSR count). The van der Waals surface area contributed by atoms with Gasteiger partial charge in [-0.3, -0.25) is 0 Å². The summed E-state index contributed by atoms with van der Waals surface area (Å²) in [7, 11) is -3.33. The first-order chi connectivity index (χ1) is 9.53. The lowest BCUT2D eigenvalue weighted by Crippen LogP contribution is -2.15. The maximum absolute atomic E-state index is 10.9. The van der Waals surface area contributed by atoms with Gasteiger partial charge in [-0.15, -0.1) is 0 Å². The van der Waals surface area contributed by atoms with Crippen LogP contribution in [0.25, 0.3) is 0 Å². The van der Waals surface area contributed by atoms with Gasteiger partial charge in [-0.25, -0.2) is 13.2 Å². The molecule has 2 aromatic rings. The summed E-state index contributed by atoms with van der Waals surface area (Å²) in [4.78, 5) is 2.04. The van der Waals surface area contributed by atoms with Crippen LogP contribution in [0.5, 0.6) is 11.5 Å². The molecule has 104 valence electrons. The first kappa shape index (κ1) is 14.1. The number of sulfonamides is 1. The lowest BCUT2D eigenvalue weighted by molar-refractivity contribution is 0.482. The Labute approximate surface area is 118 Å². The first-order valence-corrected chi connectivity index (χ1v) is 7.75. The molecule has 0 saturated heterocycles. The third-order valence-corrected chi connectivity index (χ3v) is 2.71. The van der Waals surface area contributed by atoms with E-state index >= 15 is 0 Å². The average molecular weight is 290 g/mol. The highest BCUT2D eigenvalue weighted by Crippen LogP contribution is 2.21. The average Bonchev–Trinajstić information content (AvgIpc) is 2.39. The number of nitrogens with one attached hydrogen (secondary N) is 1. The number of rotatable bonds is 5. The van der Waals surface area contributed by atoms with Gasteiger partial charge in [-0.2, -0.15) is 5.10 Å². The number of hydrogen-bond acceptors (Lipinski definition) is 4. The van der Waals surface area contributed by atoms with Gasteiger partial charge in [0.1, 0.15) is 11.5 Å². The minimum Gasteiger partial charge on any atom is -0.457 e. The van der Waals surface area contributed by atoms with Crippen molar-refractivity contribution in [1.29, 1.82) is 0 Å². The van der Waals surface area contributed by atoms with E-state index in [0.717, 1.165) is 17.6 Å². The van der Waals surface area contributed by atoms with Crippen LogP contribution in [0.3, 0.4) is 0 Å². The molecule has 0 saturated carbocycles. The third-order valence-electron chi connectivity index (χ3n) is 2.27. The van der Waals surface area contributed by atoms with Crippen molar-refractivity contribution >= 4 is 16.2 Å². The number of nitrogens with zero attached hydrogens (tertiary/aromatic N) is 1. The Hall–Kier alpha value is -2.34. The summed E-state index contributed by atoms with van der Waals surface area (Å²) in [6, 6.07) is 16.6. The van der Waals surface area contributed by atoms with Crippen LogP contribution in [0.15, 0.2) is 59.7 Å². The van der Waals surface area contributed by atoms with E-state index < -0.39 is 10.0 Å². The Balaban J connectivity index is 2.08. The molecule has 1 N–H and O–H groups in total. The van der Waals surface area contributed by atoms with E-state index in [2.05, 4.69) is 5.10 Å². The van der Waals surface area contributed by atoms with Crippen molar-refractivity contribution in [2.45, 2.75) is 0 Å². The van der Waals surface area contributed by atoms with Crippen molar-refractivity contribution < 1.29 is 13.2 Å². The Bertz CT molecular complexity index is 697. The number of ether oxygens (including phenoxy) is 1. The monoisotopic (exact) mass is 290 g/mol. The van der Waals surface area contributed by atoms with Crippen LogP contribution in [0.4, 0.5) is 0 Å². The van der Waals surface area contributed by atoms with Crippen molar-refractivity contribution in [2.75, 3.05) is 6.26 Å². The molecule has 5 nitrogen and oxygen atoms in total. The molecule has 0 unspecified atom stereocenters. The highest BCUT2D eigenvalue weighted by atomic mass is 32.2. The molecule has 0 atom stereocenters. The smallest absolute Gasteiger partial charge is 0.244 e. The number of hydrazone groups is 1. The summed E-state index contributed by atoms with van der Waals surface area (Å²) in [6.45, 7) is 0. The van der Waals surface area contributed by atoms with E-state index in [4.69, 9.17) is 4.74 Å². The molecule has 0 radical (unpaired) electrons. The van der Waals surface area contributed by atoms with Crippen LogP contribution in [-0.4, -0.2) is 20.9 Å². The molecular weight excluding hydrogens is 276 g/mol. The van der Waals surface area contributed by atoms with Crippen molar-refractivity contribution in [3.8, 4) is 11.5 Å². The molecule has 0 aliphatic rings. The van der Waals surface area contributed by atoms with E-state index in [1.807, 2.05) is 41.2 Å². The quantitative estimate of drug-likeness (QED) is 0.679. The number of para-hydroxylation sites is 1. The Morgan fingerprint density at radius 2 is 1.75 bits per heavy atom. The predicted molar refractivity (Wildman–Crippen MR) is 78.5 cm³/mol. The minimum atomic E-state index is -3.33. The second-order valence-corrected chi connectivity index (χ2v) is 5.84. The van der Waals surface area contributed by atoms with Gasteiger partial charge < -0.3 is 4.74 Å². The van der Waals surface area contributed by atoms with Gasteiger partial charge in [-0.05, 0) is 29.8 Å². The van der Waals surface area contributed by atoms with Gasteiger partial charge in [0, 0.05) is 0 Å². The van der Waals surface area contributed by atoms with E-state index in [0.29, 0.717) is 5.75 Å². The largest absolute Gasteiger partial charge is 0.457 e. The molecule has 0 heterocycles. The zero-order valence-corrected chi connectivity index (χ0v) is 11.7. The summed E-state index contributed by atoms with van der Waals surface area (Å²) in [5.74, 6) is 1.38. The minimum absolute atomic E-state index is 0.652. The maximum atomic E-state index is 10.9. The molecule has 20 heavy (non-hydrogen) atoms. The Kier molecular flexibility index (Phi) is 4.37. The molecular formula is C14H14N2O3S. The van der Waals surface area contributed by atoms with E-state index in [1.165, 1.54) is 6.21 Å². The highest BCUT2D eigenvalue weighted by Gasteiger charge is 1.98. The van der Waals surface area contributed by atoms with E-state index in [9.17, 15) is 8.42 Å². The number of hydrogen-bond donors (Lipinski definition) is 1. The van der Waals surface area contributed by atoms with Gasteiger partial charge in [0.05, 0.1) is 12.5 Å². The number of benzene rings is 2. The van der Waals surface area contributed by atoms with Crippen LogP contribution in [0.2, 0.25) is 0 Å². The van der Waals surface area contributed by atoms with Crippen LogP contribution >= 0.6 is 0 Å². The Morgan fingerprint density at radius 1 is 1.05 bits per heavy atom. The summed E-state index contributed by atoms with van der Waals surface area (Å²) in [5.41, 5.74) is 0.731. The molecule has 0 fully saturated rings. The van der Waals surface area contributed by atoms with E-state index in [1.54, 1.807) is 18.2 Å². The molecule has 0 spiro atoms. The standard InChI is InChI=1S/C14H14N2O3S/c1-20(17,18)16-15-11-12-6-5-9-14(10-12)19-13-7-3-2-4-8-13/h2-11,16H,1H3/b15-11+. The zero-order chi connectivity index (χ0) is 14.4. The highest BCUT2D eigenvalue weighted by molar-refractivity contribution is 7.88. The lowest BCUT2D eigenvalue weighted by atomic mass is 10.2. The van der Waals surface area contributed by atoms with Gasteiger partial charge in [0.15, 0.2) is 0 Å². The molecule has 0 aliphatic heterocycles.